The van der Waals surface area contributed by atoms with Crippen molar-refractivity contribution in [3.8, 4) is 5.69 Å². The molecule has 39 heavy (non-hydrogen) atoms. The normalized spacial score (nSPS) is 11.1. The van der Waals surface area contributed by atoms with Crippen molar-refractivity contribution >= 4 is 50.6 Å². The van der Waals surface area contributed by atoms with Crippen LogP contribution in [-0.2, 0) is 9.53 Å². The summed E-state index contributed by atoms with van der Waals surface area (Å²) in [6.45, 7) is 1.84. The molecule has 196 valence electrons. The molecule has 9 heteroatoms. The second-order valence-electron chi connectivity index (χ2n) is 8.74. The van der Waals surface area contributed by atoms with E-state index in [-0.39, 0.29) is 35.9 Å². The van der Waals surface area contributed by atoms with Crippen LogP contribution in [0.1, 0.15) is 40.9 Å². The van der Waals surface area contributed by atoms with Crippen LogP contribution < -0.4 is 10.9 Å². The maximum atomic E-state index is 13.6. The third kappa shape index (κ3) is 5.62. The largest absolute Gasteiger partial charge is 0.461 e. The molecule has 1 amide bonds. The summed E-state index contributed by atoms with van der Waals surface area (Å²) in [5.41, 5.74) is 1.96. The van der Waals surface area contributed by atoms with Gasteiger partial charge < -0.3 is 10.1 Å². The predicted molar refractivity (Wildman–Crippen MR) is 154 cm³/mol. The zero-order valence-corrected chi connectivity index (χ0v) is 22.5. The van der Waals surface area contributed by atoms with Crippen molar-refractivity contribution in [2.45, 2.75) is 19.3 Å². The summed E-state index contributed by atoms with van der Waals surface area (Å²) < 4.78 is 6.34. The van der Waals surface area contributed by atoms with E-state index in [0.29, 0.717) is 21.1 Å². The van der Waals surface area contributed by atoms with Gasteiger partial charge in [-0.2, -0.15) is 9.78 Å². The summed E-state index contributed by atoms with van der Waals surface area (Å²) in [7, 11) is 0. The number of hydrogen-bond acceptors (Lipinski definition) is 6. The minimum absolute atomic E-state index is 0.00963. The fourth-order valence-corrected chi connectivity index (χ4v) is 5.49. The monoisotopic (exact) mass is 557 g/mol. The number of rotatable bonds is 8. The SMILES string of the molecule is CCOC(=O)c1nn(-c2ccc(Cl)cc2)c(=O)c2c(NC(=O)CC(c3ccccc3)c3ccccc3)scc12. The number of aromatic nitrogens is 2. The first-order valence-corrected chi connectivity index (χ1v) is 13.6. The lowest BCUT2D eigenvalue weighted by Gasteiger charge is -2.17. The van der Waals surface area contributed by atoms with Crippen molar-refractivity contribution in [1.29, 1.82) is 0 Å². The summed E-state index contributed by atoms with van der Waals surface area (Å²) in [5.74, 6) is -1.10. The molecule has 0 aliphatic heterocycles. The number of esters is 1. The predicted octanol–water partition coefficient (Wildman–Crippen LogP) is 6.44. The number of fused-ring (bicyclic) bond motifs is 1. The average molecular weight is 558 g/mol. The van der Waals surface area contributed by atoms with Gasteiger partial charge in [0.15, 0.2) is 5.69 Å². The van der Waals surface area contributed by atoms with Crippen molar-refractivity contribution in [2.24, 2.45) is 0 Å². The standard InChI is InChI=1S/C30H24ClN3O4S/c1-2-38-30(37)27-24-18-39-28(26(24)29(36)34(33-27)22-15-13-21(31)14-16-22)32-25(35)17-23(19-9-5-3-6-10-19)20-11-7-4-8-12-20/h3-16,18,23H,2,17H2,1H3,(H,32,35). The molecule has 0 atom stereocenters. The summed E-state index contributed by atoms with van der Waals surface area (Å²) >= 11 is 7.19. The van der Waals surface area contributed by atoms with Gasteiger partial charge in [-0.1, -0.05) is 72.3 Å². The first-order chi connectivity index (χ1) is 19.0. The Kier molecular flexibility index (Phi) is 7.86. The van der Waals surface area contributed by atoms with E-state index < -0.39 is 11.5 Å². The van der Waals surface area contributed by atoms with Crippen LogP contribution in [0, 0.1) is 0 Å². The van der Waals surface area contributed by atoms with Crippen LogP contribution in [0.25, 0.3) is 16.5 Å². The number of halogens is 1. The van der Waals surface area contributed by atoms with E-state index >= 15 is 0 Å². The van der Waals surface area contributed by atoms with Crippen molar-refractivity contribution < 1.29 is 14.3 Å². The minimum atomic E-state index is -0.658. The van der Waals surface area contributed by atoms with E-state index in [0.717, 1.165) is 15.8 Å². The maximum Gasteiger partial charge on any atom is 0.359 e. The fraction of sp³-hybridized carbons (Fsp3) is 0.133. The molecule has 2 heterocycles. The molecule has 0 saturated heterocycles. The number of anilines is 1. The molecular formula is C30H24ClN3O4S. The molecule has 5 aromatic rings. The Morgan fingerprint density at radius 2 is 1.59 bits per heavy atom. The highest BCUT2D eigenvalue weighted by atomic mass is 35.5. The van der Waals surface area contributed by atoms with E-state index in [1.54, 1.807) is 36.6 Å². The number of hydrogen-bond donors (Lipinski definition) is 1. The highest BCUT2D eigenvalue weighted by Gasteiger charge is 2.24. The topological polar surface area (TPSA) is 90.3 Å². The number of carbonyl (C=O) groups is 2. The summed E-state index contributed by atoms with van der Waals surface area (Å²) in [6, 6.07) is 26.1. The number of benzene rings is 3. The van der Waals surface area contributed by atoms with Crippen LogP contribution in [0.15, 0.2) is 95.1 Å². The molecule has 7 nitrogen and oxygen atoms in total. The zero-order valence-electron chi connectivity index (χ0n) is 21.0. The van der Waals surface area contributed by atoms with Crippen molar-refractivity contribution in [3.05, 3.63) is 123 Å². The van der Waals surface area contributed by atoms with Crippen LogP contribution in [-0.4, -0.2) is 28.3 Å². The molecule has 3 aromatic carbocycles. The Balaban J connectivity index is 1.54. The van der Waals surface area contributed by atoms with E-state index in [9.17, 15) is 14.4 Å². The Morgan fingerprint density at radius 3 is 2.18 bits per heavy atom. The third-order valence-electron chi connectivity index (χ3n) is 6.24. The Labute approximate surface area is 233 Å². The number of nitrogens with one attached hydrogen (secondary N) is 1. The summed E-state index contributed by atoms with van der Waals surface area (Å²) in [5, 5.41) is 10.2. The average Bonchev–Trinajstić information content (AvgIpc) is 3.37. The number of ether oxygens (including phenoxy) is 1. The first kappa shape index (κ1) is 26.3. The fourth-order valence-electron chi connectivity index (χ4n) is 4.41. The van der Waals surface area contributed by atoms with Gasteiger partial charge in [0.2, 0.25) is 5.91 Å². The van der Waals surface area contributed by atoms with Crippen LogP contribution in [0.3, 0.4) is 0 Å². The Bertz CT molecular complexity index is 1640. The van der Waals surface area contributed by atoms with Crippen LogP contribution in [0.2, 0.25) is 5.02 Å². The number of thiophene rings is 1. The maximum absolute atomic E-state index is 13.6. The molecule has 0 bridgehead atoms. The molecule has 0 fully saturated rings. The zero-order chi connectivity index (χ0) is 27.4. The van der Waals surface area contributed by atoms with E-state index in [1.807, 2.05) is 60.7 Å². The summed E-state index contributed by atoms with van der Waals surface area (Å²) in [6.07, 6.45) is 0.161. The smallest absolute Gasteiger partial charge is 0.359 e. The highest BCUT2D eigenvalue weighted by Crippen LogP contribution is 2.33. The number of nitrogens with zero attached hydrogens (tertiary/aromatic N) is 2. The molecule has 0 radical (unpaired) electrons. The molecule has 0 unspecified atom stereocenters. The third-order valence-corrected chi connectivity index (χ3v) is 7.39. The van der Waals surface area contributed by atoms with Crippen molar-refractivity contribution in [1.82, 2.24) is 9.78 Å². The van der Waals surface area contributed by atoms with Crippen LogP contribution in [0.4, 0.5) is 5.00 Å². The summed E-state index contributed by atoms with van der Waals surface area (Å²) in [4.78, 5) is 39.8. The Hall–Kier alpha value is -4.27. The number of amides is 1. The molecule has 2 aromatic heterocycles. The molecular weight excluding hydrogens is 534 g/mol. The molecule has 5 rings (SSSR count). The highest BCUT2D eigenvalue weighted by molar-refractivity contribution is 7.16. The lowest BCUT2D eigenvalue weighted by molar-refractivity contribution is -0.116. The van der Waals surface area contributed by atoms with Gasteiger partial charge in [0, 0.05) is 28.1 Å². The van der Waals surface area contributed by atoms with Gasteiger partial charge >= 0.3 is 5.97 Å². The van der Waals surface area contributed by atoms with Crippen LogP contribution in [0.5, 0.6) is 0 Å². The molecule has 0 saturated carbocycles. The molecule has 0 aliphatic rings. The molecule has 0 aliphatic carbocycles. The second kappa shape index (κ2) is 11.6. The van der Waals surface area contributed by atoms with Gasteiger partial charge in [0.25, 0.3) is 5.56 Å². The second-order valence-corrected chi connectivity index (χ2v) is 10.1. The van der Waals surface area contributed by atoms with E-state index in [4.69, 9.17) is 16.3 Å². The van der Waals surface area contributed by atoms with Gasteiger partial charge in [0.1, 0.15) is 5.00 Å². The van der Waals surface area contributed by atoms with Gasteiger partial charge in [-0.25, -0.2) is 4.79 Å². The van der Waals surface area contributed by atoms with Crippen molar-refractivity contribution in [3.63, 3.8) is 0 Å². The van der Waals surface area contributed by atoms with Gasteiger partial charge in [-0.05, 0) is 42.3 Å². The first-order valence-electron chi connectivity index (χ1n) is 12.3. The lowest BCUT2D eigenvalue weighted by Crippen LogP contribution is -2.25. The quantitative estimate of drug-likeness (QED) is 0.222. The van der Waals surface area contributed by atoms with Gasteiger partial charge in [0.05, 0.1) is 17.7 Å². The number of carbonyl (C=O) groups excluding carboxylic acids is 2. The minimum Gasteiger partial charge on any atom is -0.461 e. The van der Waals surface area contributed by atoms with Gasteiger partial charge in [-0.3, -0.25) is 9.59 Å². The molecule has 0 spiro atoms. The Morgan fingerprint density at radius 1 is 0.974 bits per heavy atom. The molecule has 1 N–H and O–H groups in total. The van der Waals surface area contributed by atoms with Gasteiger partial charge in [-0.15, -0.1) is 11.3 Å². The van der Waals surface area contributed by atoms with E-state index in [1.165, 1.54) is 11.3 Å². The van der Waals surface area contributed by atoms with Crippen LogP contribution >= 0.6 is 22.9 Å². The van der Waals surface area contributed by atoms with Crippen molar-refractivity contribution in [2.75, 3.05) is 11.9 Å². The lowest BCUT2D eigenvalue weighted by atomic mass is 9.88. The van der Waals surface area contributed by atoms with E-state index in [2.05, 4.69) is 10.4 Å².